The van der Waals surface area contributed by atoms with Gasteiger partial charge < -0.3 is 14.3 Å². The van der Waals surface area contributed by atoms with Crippen LogP contribution >= 0.6 is 11.3 Å². The lowest BCUT2D eigenvalue weighted by molar-refractivity contribution is -0.117. The van der Waals surface area contributed by atoms with E-state index in [1.807, 2.05) is 0 Å². The van der Waals surface area contributed by atoms with Crippen LogP contribution in [0.4, 0.5) is 5.13 Å². The van der Waals surface area contributed by atoms with Crippen molar-refractivity contribution >= 4 is 33.9 Å². The molecule has 1 aromatic carbocycles. The number of thiazole rings is 1. The predicted molar refractivity (Wildman–Crippen MR) is 136 cm³/mol. The molecule has 1 amide bonds. The van der Waals surface area contributed by atoms with Crippen LogP contribution in [0.25, 0.3) is 0 Å². The van der Waals surface area contributed by atoms with Crippen molar-refractivity contribution in [3.05, 3.63) is 75.4 Å². The van der Waals surface area contributed by atoms with Gasteiger partial charge in [-0.3, -0.25) is 19.3 Å². The van der Waals surface area contributed by atoms with Crippen molar-refractivity contribution < 1.29 is 28.6 Å². The Bertz CT molecular complexity index is 1370. The molecule has 3 heterocycles. The molecule has 8 nitrogen and oxygen atoms in total. The fourth-order valence-corrected chi connectivity index (χ4v) is 5.03. The van der Waals surface area contributed by atoms with E-state index < -0.39 is 23.5 Å². The second kappa shape index (κ2) is 10.1. The number of aliphatic hydroxyl groups is 1. The fourth-order valence-electron chi connectivity index (χ4n) is 4.04. The first-order chi connectivity index (χ1) is 17.1. The van der Waals surface area contributed by atoms with Gasteiger partial charge in [-0.1, -0.05) is 37.3 Å². The summed E-state index contributed by atoms with van der Waals surface area (Å²) >= 11 is 1.04. The topological polar surface area (TPSA) is 110 Å². The molecule has 0 radical (unpaired) electrons. The maximum Gasteiger partial charge on any atom is 0.296 e. The number of carbonyl (C=O) groups is 3. The number of nitrogens with zero attached hydrogens (tertiary/aromatic N) is 2. The van der Waals surface area contributed by atoms with E-state index >= 15 is 0 Å². The highest BCUT2D eigenvalue weighted by atomic mass is 32.1. The van der Waals surface area contributed by atoms with Crippen LogP contribution < -0.4 is 9.64 Å². The zero-order valence-electron chi connectivity index (χ0n) is 20.8. The summed E-state index contributed by atoms with van der Waals surface area (Å²) in [6.07, 6.45) is 0.868. The molecule has 1 aliphatic heterocycles. The molecule has 0 bridgehead atoms. The van der Waals surface area contributed by atoms with Crippen LogP contribution in [0.15, 0.2) is 52.1 Å². The van der Waals surface area contributed by atoms with Gasteiger partial charge in [-0.2, -0.15) is 0 Å². The first-order valence-electron chi connectivity index (χ1n) is 11.7. The molecular weight excluding hydrogens is 480 g/mol. The van der Waals surface area contributed by atoms with Gasteiger partial charge in [0.2, 0.25) is 5.78 Å². The molecule has 188 valence electrons. The summed E-state index contributed by atoms with van der Waals surface area (Å²) < 4.78 is 11.4. The van der Waals surface area contributed by atoms with E-state index in [0.717, 1.165) is 17.8 Å². The number of benzene rings is 1. The van der Waals surface area contributed by atoms with Gasteiger partial charge in [-0.15, -0.1) is 0 Å². The van der Waals surface area contributed by atoms with E-state index in [0.29, 0.717) is 40.2 Å². The number of amides is 1. The third kappa shape index (κ3) is 4.83. The molecule has 0 spiro atoms. The first kappa shape index (κ1) is 25.4. The highest BCUT2D eigenvalue weighted by Crippen LogP contribution is 2.44. The van der Waals surface area contributed by atoms with Crippen molar-refractivity contribution in [2.45, 2.75) is 47.1 Å². The molecule has 1 atom stereocenters. The number of Topliss-reactive ketones (excluding diaryl/α,β-unsaturated/α-hetero) is 2. The van der Waals surface area contributed by atoms with Crippen LogP contribution in [-0.4, -0.2) is 34.2 Å². The number of hydrogen-bond acceptors (Lipinski definition) is 8. The highest BCUT2D eigenvalue weighted by molar-refractivity contribution is 7.17. The molecule has 4 rings (SSSR count). The largest absolute Gasteiger partial charge is 0.503 e. The Kier molecular flexibility index (Phi) is 7.12. The van der Waals surface area contributed by atoms with Crippen molar-refractivity contribution in [1.82, 2.24) is 4.98 Å². The lowest BCUT2D eigenvalue weighted by atomic mass is 9.95. The SMILES string of the molecule is CC(=O)c1sc(N2C(=O)C(O)=C(C(=O)c3ccc(C)o3)C2c2cccc(OCCC(C)C)c2)nc1C. The smallest absolute Gasteiger partial charge is 0.296 e. The molecule has 0 saturated heterocycles. The minimum absolute atomic E-state index is 0.0118. The predicted octanol–water partition coefficient (Wildman–Crippen LogP) is 5.76. The number of aryl methyl sites for hydroxylation is 2. The quantitative estimate of drug-likeness (QED) is 0.366. The molecule has 3 aromatic rings. The van der Waals surface area contributed by atoms with Crippen LogP contribution in [0.3, 0.4) is 0 Å². The fraction of sp³-hybridized carbons (Fsp3) is 0.333. The Balaban J connectivity index is 1.81. The number of anilines is 1. The van der Waals surface area contributed by atoms with Crippen molar-refractivity contribution in [1.29, 1.82) is 0 Å². The summed E-state index contributed by atoms with van der Waals surface area (Å²) in [5, 5.41) is 11.1. The van der Waals surface area contributed by atoms with Crippen molar-refractivity contribution in [3.8, 4) is 5.75 Å². The number of carbonyl (C=O) groups excluding carboxylic acids is 3. The van der Waals surface area contributed by atoms with Gasteiger partial charge in [0.25, 0.3) is 5.91 Å². The Morgan fingerprint density at radius 1 is 1.22 bits per heavy atom. The maximum absolute atomic E-state index is 13.5. The molecule has 1 unspecified atom stereocenters. The van der Waals surface area contributed by atoms with E-state index in [9.17, 15) is 19.5 Å². The van der Waals surface area contributed by atoms with E-state index in [-0.39, 0.29) is 22.2 Å². The Morgan fingerprint density at radius 2 is 1.97 bits per heavy atom. The Labute approximate surface area is 213 Å². The molecule has 1 N–H and O–H groups in total. The average Bonchev–Trinajstić information content (AvgIpc) is 3.49. The molecule has 9 heteroatoms. The molecule has 0 fully saturated rings. The number of aliphatic hydroxyl groups excluding tert-OH is 1. The third-order valence-corrected chi connectivity index (χ3v) is 7.12. The molecule has 36 heavy (non-hydrogen) atoms. The highest BCUT2D eigenvalue weighted by Gasteiger charge is 2.46. The third-order valence-electron chi connectivity index (χ3n) is 5.87. The Morgan fingerprint density at radius 3 is 2.58 bits per heavy atom. The van der Waals surface area contributed by atoms with Crippen LogP contribution in [-0.2, 0) is 4.79 Å². The summed E-state index contributed by atoms with van der Waals surface area (Å²) in [7, 11) is 0. The monoisotopic (exact) mass is 508 g/mol. The van der Waals surface area contributed by atoms with Crippen LogP contribution in [0.2, 0.25) is 0 Å². The summed E-state index contributed by atoms with van der Waals surface area (Å²) in [4.78, 5) is 45.0. The molecule has 1 aliphatic rings. The second-order valence-corrected chi connectivity index (χ2v) is 10.1. The molecule has 2 aromatic heterocycles. The maximum atomic E-state index is 13.5. The summed E-state index contributed by atoms with van der Waals surface area (Å²) in [6, 6.07) is 9.23. The summed E-state index contributed by atoms with van der Waals surface area (Å²) in [5.41, 5.74) is 0.907. The minimum Gasteiger partial charge on any atom is -0.503 e. The summed E-state index contributed by atoms with van der Waals surface area (Å²) in [5.74, 6) is -0.653. The van der Waals surface area contributed by atoms with E-state index in [2.05, 4.69) is 18.8 Å². The second-order valence-electron chi connectivity index (χ2n) is 9.15. The van der Waals surface area contributed by atoms with Gasteiger partial charge in [0.1, 0.15) is 11.5 Å². The number of furan rings is 1. The van der Waals surface area contributed by atoms with E-state index in [1.54, 1.807) is 44.2 Å². The lowest BCUT2D eigenvalue weighted by Crippen LogP contribution is -2.31. The number of ketones is 2. The van der Waals surface area contributed by atoms with Crippen molar-refractivity contribution in [2.75, 3.05) is 11.5 Å². The standard InChI is InChI=1S/C27H28N2O6S/c1-14(2)11-12-34-19-8-6-7-18(13-19)22-21(23(31)20-10-9-15(3)35-20)24(32)26(33)29(22)27-28-16(4)25(36-27)17(5)30/h6-10,13-14,22,32H,11-12H2,1-5H3. The number of aromatic nitrogens is 1. The number of rotatable bonds is 9. The van der Waals surface area contributed by atoms with E-state index in [4.69, 9.17) is 9.15 Å². The zero-order chi connectivity index (χ0) is 26.1. The van der Waals surface area contributed by atoms with Crippen LogP contribution in [0.1, 0.15) is 70.5 Å². The van der Waals surface area contributed by atoms with Crippen molar-refractivity contribution in [3.63, 3.8) is 0 Å². The van der Waals surface area contributed by atoms with Gasteiger partial charge in [0, 0.05) is 6.92 Å². The van der Waals surface area contributed by atoms with Gasteiger partial charge >= 0.3 is 0 Å². The van der Waals surface area contributed by atoms with Crippen LogP contribution in [0, 0.1) is 19.8 Å². The lowest BCUT2D eigenvalue weighted by Gasteiger charge is -2.24. The van der Waals surface area contributed by atoms with Gasteiger partial charge in [0.05, 0.1) is 28.8 Å². The summed E-state index contributed by atoms with van der Waals surface area (Å²) in [6.45, 7) is 9.54. The Hall–Kier alpha value is -3.72. The molecule has 0 aliphatic carbocycles. The zero-order valence-corrected chi connectivity index (χ0v) is 21.6. The molecule has 0 saturated carbocycles. The van der Waals surface area contributed by atoms with Crippen LogP contribution in [0.5, 0.6) is 5.75 Å². The van der Waals surface area contributed by atoms with Gasteiger partial charge in [-0.25, -0.2) is 4.98 Å². The minimum atomic E-state index is -0.991. The number of hydrogen-bond donors (Lipinski definition) is 1. The van der Waals surface area contributed by atoms with Gasteiger partial charge in [0.15, 0.2) is 22.4 Å². The normalized spacial score (nSPS) is 15.8. The van der Waals surface area contributed by atoms with E-state index in [1.165, 1.54) is 17.9 Å². The average molecular weight is 509 g/mol. The first-order valence-corrected chi connectivity index (χ1v) is 12.5. The van der Waals surface area contributed by atoms with Gasteiger partial charge in [-0.05, 0) is 56.0 Å². The molecular formula is C27H28N2O6S. The van der Waals surface area contributed by atoms with Crippen molar-refractivity contribution in [2.24, 2.45) is 5.92 Å². The number of ether oxygens (including phenoxy) is 1.